The van der Waals surface area contributed by atoms with E-state index in [-0.39, 0.29) is 16.0 Å². The summed E-state index contributed by atoms with van der Waals surface area (Å²) < 4.78 is 0. The van der Waals surface area contributed by atoms with Gasteiger partial charge in [0.25, 0.3) is 0 Å². The van der Waals surface area contributed by atoms with E-state index in [9.17, 15) is 4.79 Å². The Kier molecular flexibility index (Phi) is 28.1. The number of aliphatic carboxylic acids is 1. The maximum absolute atomic E-state index is 10.3. The van der Waals surface area contributed by atoms with Gasteiger partial charge in [0.2, 0.25) is 0 Å². The van der Waals surface area contributed by atoms with Crippen LogP contribution in [0.25, 0.3) is 0 Å². The number of carbonyl (C=O) groups is 1. The van der Waals surface area contributed by atoms with Crippen molar-refractivity contribution in [2.24, 2.45) is 0 Å². The van der Waals surface area contributed by atoms with E-state index in [1.807, 2.05) is 0 Å². The maximum Gasteiger partial charge on any atom is 0.560 e. The van der Waals surface area contributed by atoms with Crippen molar-refractivity contribution in [1.29, 1.82) is 0 Å². The fourth-order valence-electron chi connectivity index (χ4n) is 2.09. The Labute approximate surface area is 165 Å². The van der Waals surface area contributed by atoms with Crippen LogP contribution >= 0.6 is 25.8 Å². The molecule has 0 radical (unpaired) electrons. The van der Waals surface area contributed by atoms with Crippen LogP contribution in [0.15, 0.2) is 24.3 Å². The Bertz CT molecular complexity index is 295. The molecule has 0 heterocycles. The van der Waals surface area contributed by atoms with E-state index in [1.165, 1.54) is 44.9 Å². The second kappa shape index (κ2) is 24.9. The lowest BCUT2D eigenvalue weighted by atomic mass is 10.1. The van der Waals surface area contributed by atoms with Crippen LogP contribution in [0.1, 0.15) is 84.0 Å². The predicted molar refractivity (Wildman–Crippen MR) is 111 cm³/mol. The SMILES string of the molecule is CCCCC/C=C\C/C=C\CCCCCCCC(=O)O.[Br][Mg][Br]. The molecule has 0 aliphatic rings. The Morgan fingerprint density at radius 3 is 1.87 bits per heavy atom. The van der Waals surface area contributed by atoms with Gasteiger partial charge in [-0.15, -0.1) is 0 Å². The van der Waals surface area contributed by atoms with Crippen molar-refractivity contribution in [2.75, 3.05) is 0 Å². The van der Waals surface area contributed by atoms with Gasteiger partial charge in [-0.2, -0.15) is 0 Å². The number of unbranched alkanes of at least 4 members (excludes halogenated alkanes) is 8. The highest BCUT2D eigenvalue weighted by Gasteiger charge is 1.95. The van der Waals surface area contributed by atoms with Crippen LogP contribution in [0.3, 0.4) is 0 Å². The summed E-state index contributed by atoms with van der Waals surface area (Å²) in [5.74, 6) is -0.671. The average molecular weight is 465 g/mol. The van der Waals surface area contributed by atoms with E-state index >= 15 is 0 Å². The lowest BCUT2D eigenvalue weighted by molar-refractivity contribution is -0.137. The van der Waals surface area contributed by atoms with Crippen molar-refractivity contribution in [1.82, 2.24) is 0 Å². The second-order valence-electron chi connectivity index (χ2n) is 5.48. The molecule has 0 aliphatic heterocycles. The van der Waals surface area contributed by atoms with Crippen molar-refractivity contribution in [3.8, 4) is 0 Å². The van der Waals surface area contributed by atoms with Crippen molar-refractivity contribution in [3.05, 3.63) is 24.3 Å². The highest BCUT2D eigenvalue weighted by atomic mass is 79.9. The molecule has 0 saturated heterocycles. The minimum absolute atomic E-state index is 0.0417. The molecule has 0 rings (SSSR count). The molecule has 0 fully saturated rings. The number of halogens is 2. The Morgan fingerprint density at radius 1 is 0.870 bits per heavy atom. The number of allylic oxidation sites excluding steroid dienone is 4. The van der Waals surface area contributed by atoms with Gasteiger partial charge in [-0.3, -0.25) is 30.6 Å². The van der Waals surface area contributed by atoms with Gasteiger partial charge in [-0.1, -0.05) is 63.3 Å². The van der Waals surface area contributed by atoms with E-state index in [1.54, 1.807) is 0 Å². The summed E-state index contributed by atoms with van der Waals surface area (Å²) in [7, 11) is 0. The van der Waals surface area contributed by atoms with Crippen LogP contribution < -0.4 is 0 Å². The first kappa shape index (κ1) is 25.9. The molecule has 2 nitrogen and oxygen atoms in total. The highest BCUT2D eigenvalue weighted by Crippen LogP contribution is 2.08. The minimum Gasteiger partial charge on any atom is -0.481 e. The first-order chi connectivity index (χ1) is 11.2. The van der Waals surface area contributed by atoms with Crippen molar-refractivity contribution in [3.63, 3.8) is 0 Å². The molecule has 0 aromatic rings. The highest BCUT2D eigenvalue weighted by molar-refractivity contribution is 9.47. The lowest BCUT2D eigenvalue weighted by Gasteiger charge is -1.98. The lowest BCUT2D eigenvalue weighted by Crippen LogP contribution is -1.93. The molecule has 0 aromatic carbocycles. The van der Waals surface area contributed by atoms with Gasteiger partial charge in [0, 0.05) is 6.42 Å². The molecule has 1 N–H and O–H groups in total. The third kappa shape index (κ3) is 31.0. The largest absolute Gasteiger partial charge is 0.560 e. The summed E-state index contributed by atoms with van der Waals surface area (Å²) in [4.78, 5) is 10.3. The zero-order chi connectivity index (χ0) is 17.6. The monoisotopic (exact) mass is 462 g/mol. The van der Waals surface area contributed by atoms with E-state index in [4.69, 9.17) is 5.11 Å². The molecule has 0 amide bonds. The predicted octanol–water partition coefficient (Wildman–Crippen LogP) is 7.19. The van der Waals surface area contributed by atoms with Crippen molar-refractivity contribution in [2.45, 2.75) is 84.0 Å². The molecule has 0 spiro atoms. The van der Waals surface area contributed by atoms with Gasteiger partial charge in [0.05, 0.1) is 0 Å². The molecule has 0 aliphatic carbocycles. The van der Waals surface area contributed by atoms with Gasteiger partial charge in [0.15, 0.2) is 0 Å². The van der Waals surface area contributed by atoms with Crippen LogP contribution in [0.2, 0.25) is 0 Å². The Balaban J connectivity index is 0. The van der Waals surface area contributed by atoms with Gasteiger partial charge >= 0.3 is 22.0 Å². The normalized spacial score (nSPS) is 10.6. The smallest absolute Gasteiger partial charge is 0.481 e. The summed E-state index contributed by atoms with van der Waals surface area (Å²) in [6.07, 6.45) is 22.3. The van der Waals surface area contributed by atoms with Gasteiger partial charge < -0.3 is 5.11 Å². The van der Waals surface area contributed by atoms with Crippen LogP contribution in [0.5, 0.6) is 0 Å². The fourth-order valence-corrected chi connectivity index (χ4v) is 2.09. The topological polar surface area (TPSA) is 37.3 Å². The van der Waals surface area contributed by atoms with E-state index < -0.39 is 5.97 Å². The summed E-state index contributed by atoms with van der Waals surface area (Å²) in [6.45, 7) is 2.23. The molecule has 23 heavy (non-hydrogen) atoms. The third-order valence-corrected chi connectivity index (χ3v) is 3.34. The number of carboxylic acid groups (broad SMARTS) is 1. The minimum atomic E-state index is -0.671. The van der Waals surface area contributed by atoms with E-state index in [0.29, 0.717) is 6.42 Å². The van der Waals surface area contributed by atoms with Gasteiger partial charge in [-0.25, -0.2) is 0 Å². The van der Waals surface area contributed by atoms with Gasteiger partial charge in [0.1, 0.15) is 0 Å². The van der Waals surface area contributed by atoms with Crippen LogP contribution in [0.4, 0.5) is 0 Å². The molecule has 132 valence electrons. The summed E-state index contributed by atoms with van der Waals surface area (Å²) >= 11 is 6.44. The number of hydrogen-bond donors (Lipinski definition) is 1. The number of rotatable bonds is 14. The molecule has 0 unspecified atom stereocenters. The third-order valence-electron chi connectivity index (χ3n) is 3.34. The zero-order valence-electron chi connectivity index (χ0n) is 14.6. The van der Waals surface area contributed by atoms with E-state index in [0.717, 1.165) is 25.7 Å². The van der Waals surface area contributed by atoms with E-state index in [2.05, 4.69) is 57.0 Å². The van der Waals surface area contributed by atoms with Crippen molar-refractivity contribution >= 4 is 47.8 Å². The van der Waals surface area contributed by atoms with Crippen molar-refractivity contribution < 1.29 is 9.90 Å². The fraction of sp³-hybridized carbons (Fsp3) is 0.722. The Morgan fingerprint density at radius 2 is 1.35 bits per heavy atom. The summed E-state index contributed by atoms with van der Waals surface area (Å²) in [5.41, 5.74) is 0. The number of carboxylic acids is 1. The molecule has 0 bridgehead atoms. The van der Waals surface area contributed by atoms with Crippen LogP contribution in [-0.2, 0) is 4.79 Å². The summed E-state index contributed by atoms with van der Waals surface area (Å²) in [5, 5.41) is 8.50. The number of hydrogen-bond acceptors (Lipinski definition) is 1. The molecule has 0 aromatic heterocycles. The molecule has 5 heteroatoms. The first-order valence-corrected chi connectivity index (χ1v) is 16.6. The average Bonchev–Trinajstić information content (AvgIpc) is 2.51. The Hall–Kier alpha value is 0.676. The molecule has 0 saturated carbocycles. The maximum atomic E-state index is 10.3. The zero-order valence-corrected chi connectivity index (χ0v) is 19.2. The molecule has 0 atom stereocenters. The molecular formula is C18H32Br2MgO2. The second-order valence-corrected chi connectivity index (χ2v) is 13.6. The first-order valence-electron chi connectivity index (χ1n) is 8.82. The van der Waals surface area contributed by atoms with Gasteiger partial charge in [-0.05, 0) is 38.5 Å². The van der Waals surface area contributed by atoms with Crippen LogP contribution in [0, 0.1) is 0 Å². The quantitative estimate of drug-likeness (QED) is 0.168. The standard InChI is InChI=1S/C18H32O2.2BrH.Mg/c1-2-3-4-5-6-7-8-9-10-11-12-13-14-15-16-17-18(19)20;;;/h6-7,9-10H,2-5,8,11-17H2,1H3,(H,19,20);2*1H;/q;;;+2/p-2/b7-6-,10-9-;;;. The van der Waals surface area contributed by atoms with Crippen LogP contribution in [-0.4, -0.2) is 27.1 Å². The summed E-state index contributed by atoms with van der Waals surface area (Å²) in [6, 6.07) is 0. The molecular weight excluding hydrogens is 432 g/mol.